The molecule has 16 heavy (non-hydrogen) atoms. The maximum Gasteiger partial charge on any atom is 0.122 e. The Labute approximate surface area is 98.5 Å². The minimum absolute atomic E-state index is 0.381. The van der Waals surface area contributed by atoms with Crippen LogP contribution in [-0.2, 0) is 5.41 Å². The van der Waals surface area contributed by atoms with E-state index in [1.54, 1.807) is 0 Å². The number of phenolic OH excluding ortho intramolecular Hbond substituents is 1. The molecule has 1 aromatic rings. The lowest BCUT2D eigenvalue weighted by Gasteiger charge is -2.20. The second-order valence-corrected chi connectivity index (χ2v) is 5.83. The largest absolute Gasteiger partial charge is 0.507 e. The van der Waals surface area contributed by atoms with Crippen molar-refractivity contribution < 1.29 is 5.11 Å². The van der Waals surface area contributed by atoms with Crippen LogP contribution >= 0.6 is 0 Å². The smallest absolute Gasteiger partial charge is 0.122 e. The quantitative estimate of drug-likeness (QED) is 0.789. The van der Waals surface area contributed by atoms with Gasteiger partial charge in [0, 0.05) is 0 Å². The monoisotopic (exact) mass is 218 g/mol. The molecule has 88 valence electrons. The van der Waals surface area contributed by atoms with Crippen molar-refractivity contribution in [2.24, 2.45) is 0 Å². The lowest BCUT2D eigenvalue weighted by atomic mass is 9.86. The standard InChI is InChI=1S/C15H22O/c1-9(2)12-8-13(15(5)6-7-15)10(3)11(4)14(12)16/h8-9,16H,6-7H2,1-5H3. The Morgan fingerprint density at radius 3 is 2.19 bits per heavy atom. The Kier molecular flexibility index (Phi) is 2.52. The molecule has 1 heteroatoms. The highest BCUT2D eigenvalue weighted by molar-refractivity contribution is 5.53. The molecule has 1 aliphatic carbocycles. The highest BCUT2D eigenvalue weighted by Crippen LogP contribution is 2.51. The average molecular weight is 218 g/mol. The van der Waals surface area contributed by atoms with Crippen LogP contribution in [0.2, 0.25) is 0 Å². The van der Waals surface area contributed by atoms with Crippen molar-refractivity contribution in [3.63, 3.8) is 0 Å². The van der Waals surface area contributed by atoms with Gasteiger partial charge in [0.2, 0.25) is 0 Å². The van der Waals surface area contributed by atoms with E-state index in [2.05, 4.69) is 33.8 Å². The van der Waals surface area contributed by atoms with E-state index in [1.165, 1.54) is 24.0 Å². The second kappa shape index (κ2) is 3.51. The third-order valence-electron chi connectivity index (χ3n) is 4.17. The molecular weight excluding hydrogens is 196 g/mol. The first-order chi connectivity index (χ1) is 7.37. The minimum atomic E-state index is 0.381. The van der Waals surface area contributed by atoms with Crippen LogP contribution in [0.5, 0.6) is 5.75 Å². The van der Waals surface area contributed by atoms with E-state index < -0.39 is 0 Å². The summed E-state index contributed by atoms with van der Waals surface area (Å²) in [7, 11) is 0. The minimum Gasteiger partial charge on any atom is -0.507 e. The molecule has 0 heterocycles. The van der Waals surface area contributed by atoms with Gasteiger partial charge < -0.3 is 5.11 Å². The Balaban J connectivity index is 2.62. The van der Waals surface area contributed by atoms with Gasteiger partial charge in [-0.05, 0) is 60.3 Å². The summed E-state index contributed by atoms with van der Waals surface area (Å²) in [5.41, 5.74) is 5.28. The Bertz CT molecular complexity index is 426. The van der Waals surface area contributed by atoms with Crippen LogP contribution in [0.4, 0.5) is 0 Å². The van der Waals surface area contributed by atoms with Crippen molar-refractivity contribution in [2.75, 3.05) is 0 Å². The lowest BCUT2D eigenvalue weighted by Crippen LogP contribution is -2.06. The van der Waals surface area contributed by atoms with Gasteiger partial charge in [-0.15, -0.1) is 0 Å². The zero-order chi connectivity index (χ0) is 12.1. The highest BCUT2D eigenvalue weighted by atomic mass is 16.3. The van der Waals surface area contributed by atoms with Crippen molar-refractivity contribution in [1.82, 2.24) is 0 Å². The van der Waals surface area contributed by atoms with Gasteiger partial charge in [0.25, 0.3) is 0 Å². The fourth-order valence-corrected chi connectivity index (χ4v) is 2.45. The molecule has 1 nitrogen and oxygen atoms in total. The summed E-state index contributed by atoms with van der Waals surface area (Å²) < 4.78 is 0. The maximum absolute atomic E-state index is 10.2. The molecule has 0 aliphatic heterocycles. The van der Waals surface area contributed by atoms with Crippen LogP contribution in [0, 0.1) is 13.8 Å². The van der Waals surface area contributed by atoms with E-state index in [-0.39, 0.29) is 0 Å². The number of aromatic hydroxyl groups is 1. The number of hydrogen-bond acceptors (Lipinski definition) is 1. The van der Waals surface area contributed by atoms with E-state index >= 15 is 0 Å². The summed E-state index contributed by atoms with van der Waals surface area (Å²) in [5, 5.41) is 10.2. The maximum atomic E-state index is 10.2. The number of rotatable bonds is 2. The molecule has 0 bridgehead atoms. The van der Waals surface area contributed by atoms with E-state index in [4.69, 9.17) is 0 Å². The molecule has 1 aromatic carbocycles. The topological polar surface area (TPSA) is 20.2 Å². The Hall–Kier alpha value is -0.980. The molecule has 0 saturated heterocycles. The van der Waals surface area contributed by atoms with E-state index in [0.717, 1.165) is 11.1 Å². The van der Waals surface area contributed by atoms with Crippen LogP contribution in [0.3, 0.4) is 0 Å². The molecule has 2 rings (SSSR count). The summed E-state index contributed by atoms with van der Waals surface area (Å²) >= 11 is 0. The van der Waals surface area contributed by atoms with Crippen molar-refractivity contribution in [1.29, 1.82) is 0 Å². The SMILES string of the molecule is Cc1c(C2(C)CC2)cc(C(C)C)c(O)c1C. The van der Waals surface area contributed by atoms with Gasteiger partial charge in [-0.1, -0.05) is 26.8 Å². The molecule has 0 atom stereocenters. The fraction of sp³-hybridized carbons (Fsp3) is 0.600. The first-order valence-corrected chi connectivity index (χ1v) is 6.20. The predicted molar refractivity (Wildman–Crippen MR) is 68.3 cm³/mol. The molecule has 0 spiro atoms. The number of hydrogen-bond donors (Lipinski definition) is 1. The van der Waals surface area contributed by atoms with Gasteiger partial charge in [-0.3, -0.25) is 0 Å². The van der Waals surface area contributed by atoms with Gasteiger partial charge in [0.05, 0.1) is 0 Å². The van der Waals surface area contributed by atoms with Crippen LogP contribution in [0.1, 0.15) is 61.8 Å². The Morgan fingerprint density at radius 2 is 1.75 bits per heavy atom. The first kappa shape index (κ1) is 11.5. The van der Waals surface area contributed by atoms with Gasteiger partial charge in [-0.25, -0.2) is 0 Å². The molecule has 1 N–H and O–H groups in total. The van der Waals surface area contributed by atoms with Gasteiger partial charge in [0.15, 0.2) is 0 Å². The van der Waals surface area contributed by atoms with Gasteiger partial charge in [-0.2, -0.15) is 0 Å². The highest BCUT2D eigenvalue weighted by Gasteiger charge is 2.40. The summed E-state index contributed by atoms with van der Waals surface area (Å²) in [4.78, 5) is 0. The third kappa shape index (κ3) is 1.63. The summed E-state index contributed by atoms with van der Waals surface area (Å²) in [6.07, 6.45) is 2.57. The Morgan fingerprint density at radius 1 is 1.19 bits per heavy atom. The second-order valence-electron chi connectivity index (χ2n) is 5.83. The average Bonchev–Trinajstić information content (AvgIpc) is 2.93. The zero-order valence-electron chi connectivity index (χ0n) is 11.0. The normalized spacial score (nSPS) is 17.9. The first-order valence-electron chi connectivity index (χ1n) is 6.20. The van der Waals surface area contributed by atoms with Crippen LogP contribution in [-0.4, -0.2) is 5.11 Å². The lowest BCUT2D eigenvalue weighted by molar-refractivity contribution is 0.459. The molecule has 0 radical (unpaired) electrons. The van der Waals surface area contributed by atoms with E-state index in [1.807, 2.05) is 6.92 Å². The van der Waals surface area contributed by atoms with Crippen LogP contribution in [0.25, 0.3) is 0 Å². The van der Waals surface area contributed by atoms with Crippen LogP contribution < -0.4 is 0 Å². The number of phenols is 1. The zero-order valence-corrected chi connectivity index (χ0v) is 11.0. The molecule has 1 fully saturated rings. The molecular formula is C15H22O. The van der Waals surface area contributed by atoms with Gasteiger partial charge in [0.1, 0.15) is 5.75 Å². The molecule has 0 aromatic heterocycles. The summed E-state index contributed by atoms with van der Waals surface area (Å²) in [6, 6.07) is 2.23. The molecule has 0 unspecified atom stereocenters. The van der Waals surface area contributed by atoms with Crippen LogP contribution in [0.15, 0.2) is 6.07 Å². The molecule has 1 saturated carbocycles. The number of benzene rings is 1. The fourth-order valence-electron chi connectivity index (χ4n) is 2.45. The van der Waals surface area contributed by atoms with E-state index in [0.29, 0.717) is 17.1 Å². The van der Waals surface area contributed by atoms with Crippen molar-refractivity contribution in [3.8, 4) is 5.75 Å². The van der Waals surface area contributed by atoms with Gasteiger partial charge >= 0.3 is 0 Å². The predicted octanol–water partition coefficient (Wildman–Crippen LogP) is 4.18. The third-order valence-corrected chi connectivity index (χ3v) is 4.17. The van der Waals surface area contributed by atoms with Crippen molar-refractivity contribution in [2.45, 2.75) is 58.8 Å². The van der Waals surface area contributed by atoms with Crippen molar-refractivity contribution >= 4 is 0 Å². The van der Waals surface area contributed by atoms with E-state index in [9.17, 15) is 5.11 Å². The summed E-state index contributed by atoms with van der Waals surface area (Å²) in [5.74, 6) is 0.890. The summed E-state index contributed by atoms with van der Waals surface area (Å²) in [6.45, 7) is 10.8. The molecule has 0 amide bonds. The van der Waals surface area contributed by atoms with Crippen molar-refractivity contribution in [3.05, 3.63) is 28.3 Å². The molecule has 1 aliphatic rings.